The molecule has 3 aliphatic rings. The van der Waals surface area contributed by atoms with Gasteiger partial charge in [-0.2, -0.15) is 0 Å². The fourth-order valence-electron chi connectivity index (χ4n) is 4.78. The Kier molecular flexibility index (Phi) is 5.03. The second kappa shape index (κ2) is 7.26. The number of nitrogens with zero attached hydrogens (tertiary/aromatic N) is 4. The lowest BCUT2D eigenvalue weighted by molar-refractivity contribution is 0.0949. The average molecular weight is 465 g/mol. The van der Waals surface area contributed by atoms with Crippen LogP contribution in [0.3, 0.4) is 0 Å². The number of guanidine groups is 1. The van der Waals surface area contributed by atoms with Gasteiger partial charge in [-0.1, -0.05) is 6.92 Å². The van der Waals surface area contributed by atoms with Gasteiger partial charge < -0.3 is 15.8 Å². The van der Waals surface area contributed by atoms with Gasteiger partial charge in [0.2, 0.25) is 21.9 Å². The Hall–Kier alpha value is -3.02. The lowest BCUT2D eigenvalue weighted by atomic mass is 9.70. The van der Waals surface area contributed by atoms with Crippen LogP contribution < -0.4 is 15.8 Å². The van der Waals surface area contributed by atoms with Crippen LogP contribution >= 0.6 is 0 Å². The maximum absolute atomic E-state index is 15.2. The number of carbonyl (C=O) groups excluding carboxylic acids is 1. The molecule has 2 heterocycles. The maximum Gasteiger partial charge on any atom is 0.275 e. The van der Waals surface area contributed by atoms with Crippen LogP contribution in [0, 0.1) is 11.8 Å². The molecule has 1 aromatic heterocycles. The van der Waals surface area contributed by atoms with Crippen LogP contribution in [0.4, 0.5) is 4.39 Å². The number of hydrogen-bond donors (Lipinski definition) is 2. The summed E-state index contributed by atoms with van der Waals surface area (Å²) >= 11 is 0. The SMILES string of the molecule is COc1cnc(C(=O)NC2=CC=C(F)C([C@@]3(C)N=C(N)N(C)S(=O)(=O)C34CC4)C2C)cn1. The first-order valence-electron chi connectivity index (χ1n) is 10.1. The second-order valence-corrected chi connectivity index (χ2v) is 10.7. The molecule has 3 N–H and O–H groups in total. The minimum Gasteiger partial charge on any atom is -0.480 e. The molecule has 3 atom stereocenters. The molecular formula is C20H25FN6O4S. The van der Waals surface area contributed by atoms with Crippen molar-refractivity contribution in [3.05, 3.63) is 41.8 Å². The van der Waals surface area contributed by atoms with Crippen molar-refractivity contribution >= 4 is 21.9 Å². The standard InChI is InChI=1S/C20H25FN6O4S/c1-11-13(25-17(28)14-9-24-15(31-4)10-23-14)6-5-12(21)16(11)19(2)20(7-8-20)32(29,30)27(3)18(22)26-19/h5-6,9-11,16H,7-8H2,1-4H3,(H2,22,26)(H,25,28)/t11?,16?,19-/m1/s1. The Balaban J connectivity index is 1.66. The van der Waals surface area contributed by atoms with Crippen LogP contribution in [-0.2, 0) is 10.0 Å². The van der Waals surface area contributed by atoms with Gasteiger partial charge in [-0.15, -0.1) is 0 Å². The maximum atomic E-state index is 15.2. The average Bonchev–Trinajstić information content (AvgIpc) is 3.57. The molecule has 1 spiro atoms. The molecule has 0 radical (unpaired) electrons. The molecule has 12 heteroatoms. The van der Waals surface area contributed by atoms with Gasteiger partial charge in [0.25, 0.3) is 5.91 Å². The van der Waals surface area contributed by atoms with Crippen molar-refractivity contribution in [2.45, 2.75) is 37.0 Å². The Morgan fingerprint density at radius 2 is 2.00 bits per heavy atom. The molecule has 1 aromatic rings. The molecule has 10 nitrogen and oxygen atoms in total. The third kappa shape index (κ3) is 2.99. The number of aliphatic imine (C=N–C) groups is 1. The van der Waals surface area contributed by atoms with Gasteiger partial charge >= 0.3 is 0 Å². The van der Waals surface area contributed by atoms with Crippen molar-refractivity contribution in [2.75, 3.05) is 14.2 Å². The number of carbonyl (C=O) groups is 1. The van der Waals surface area contributed by atoms with E-state index in [4.69, 9.17) is 10.5 Å². The van der Waals surface area contributed by atoms with Crippen LogP contribution in [0.1, 0.15) is 37.2 Å². The highest BCUT2D eigenvalue weighted by Gasteiger charge is 2.72. The quantitative estimate of drug-likeness (QED) is 0.680. The number of sulfonamides is 1. The zero-order valence-corrected chi connectivity index (χ0v) is 19.0. The van der Waals surface area contributed by atoms with Crippen LogP contribution in [0.25, 0.3) is 0 Å². The molecule has 172 valence electrons. The lowest BCUT2D eigenvalue weighted by Gasteiger charge is -2.48. The van der Waals surface area contributed by atoms with E-state index in [1.54, 1.807) is 13.8 Å². The molecule has 0 aromatic carbocycles. The normalized spacial score (nSPS) is 30.2. The van der Waals surface area contributed by atoms with Gasteiger partial charge in [0.15, 0.2) is 0 Å². The minimum absolute atomic E-state index is 0.0551. The highest BCUT2D eigenvalue weighted by molar-refractivity contribution is 7.91. The van der Waals surface area contributed by atoms with E-state index < -0.39 is 43.9 Å². The number of aromatic nitrogens is 2. The first kappa shape index (κ1) is 22.2. The molecule has 0 saturated heterocycles. The van der Waals surface area contributed by atoms with Crippen molar-refractivity contribution in [1.29, 1.82) is 0 Å². The number of rotatable bonds is 4. The molecule has 2 aliphatic carbocycles. The van der Waals surface area contributed by atoms with E-state index in [9.17, 15) is 13.2 Å². The summed E-state index contributed by atoms with van der Waals surface area (Å²) < 4.78 is 46.3. The molecule has 1 amide bonds. The van der Waals surface area contributed by atoms with Crippen LogP contribution in [-0.4, -0.2) is 59.0 Å². The number of amides is 1. The van der Waals surface area contributed by atoms with Crippen LogP contribution in [0.15, 0.2) is 41.1 Å². The van der Waals surface area contributed by atoms with E-state index in [0.29, 0.717) is 18.5 Å². The van der Waals surface area contributed by atoms with Gasteiger partial charge in [-0.3, -0.25) is 4.79 Å². The van der Waals surface area contributed by atoms with Crippen LogP contribution in [0.5, 0.6) is 5.88 Å². The van der Waals surface area contributed by atoms with Gasteiger partial charge in [-0.05, 0) is 31.9 Å². The predicted molar refractivity (Wildman–Crippen MR) is 115 cm³/mol. The molecule has 0 bridgehead atoms. The fraction of sp³-hybridized carbons (Fsp3) is 0.500. The number of nitrogens with one attached hydrogen (secondary N) is 1. The summed E-state index contributed by atoms with van der Waals surface area (Å²) in [5.74, 6) is -2.48. The van der Waals surface area contributed by atoms with Gasteiger partial charge in [0.05, 0.1) is 25.0 Å². The summed E-state index contributed by atoms with van der Waals surface area (Å²) in [5.41, 5.74) is 5.07. The van der Waals surface area contributed by atoms with Crippen molar-refractivity contribution in [1.82, 2.24) is 19.6 Å². The summed E-state index contributed by atoms with van der Waals surface area (Å²) in [6.07, 6.45) is 6.00. The summed E-state index contributed by atoms with van der Waals surface area (Å²) in [6, 6.07) is 0. The third-order valence-electron chi connectivity index (χ3n) is 6.79. The summed E-state index contributed by atoms with van der Waals surface area (Å²) in [5, 5.41) is 2.75. The highest BCUT2D eigenvalue weighted by Crippen LogP contribution is 2.61. The van der Waals surface area contributed by atoms with Crippen molar-refractivity contribution in [2.24, 2.45) is 22.6 Å². The van der Waals surface area contributed by atoms with Gasteiger partial charge in [-0.25, -0.2) is 32.1 Å². The van der Waals surface area contributed by atoms with E-state index in [2.05, 4.69) is 20.3 Å². The summed E-state index contributed by atoms with van der Waals surface area (Å²) in [6.45, 7) is 3.35. The Labute approximate surface area is 185 Å². The van der Waals surface area contributed by atoms with E-state index in [1.807, 2.05) is 0 Å². The number of nitrogens with two attached hydrogens (primary N) is 1. The zero-order chi connectivity index (χ0) is 23.5. The Morgan fingerprint density at radius 3 is 2.56 bits per heavy atom. The molecule has 32 heavy (non-hydrogen) atoms. The highest BCUT2D eigenvalue weighted by atomic mass is 32.2. The Morgan fingerprint density at radius 1 is 1.31 bits per heavy atom. The van der Waals surface area contributed by atoms with Gasteiger partial charge in [0, 0.05) is 24.6 Å². The molecular weight excluding hydrogens is 439 g/mol. The predicted octanol–water partition coefficient (Wildman–Crippen LogP) is 1.10. The largest absolute Gasteiger partial charge is 0.480 e. The van der Waals surface area contributed by atoms with Crippen molar-refractivity contribution in [3.8, 4) is 5.88 Å². The molecule has 1 aliphatic heterocycles. The first-order valence-corrected chi connectivity index (χ1v) is 11.5. The summed E-state index contributed by atoms with van der Waals surface area (Å²) in [7, 11) is -1.04. The van der Waals surface area contributed by atoms with E-state index >= 15 is 4.39 Å². The first-order chi connectivity index (χ1) is 15.0. The minimum atomic E-state index is -3.83. The van der Waals surface area contributed by atoms with Crippen molar-refractivity contribution in [3.63, 3.8) is 0 Å². The Bertz CT molecular complexity index is 1160. The molecule has 1 saturated carbocycles. The number of ether oxygens (including phenoxy) is 1. The molecule has 4 rings (SSSR count). The zero-order valence-electron chi connectivity index (χ0n) is 18.2. The number of methoxy groups -OCH3 is 1. The number of allylic oxidation sites excluding steroid dienone is 3. The van der Waals surface area contributed by atoms with E-state index in [0.717, 1.165) is 4.31 Å². The third-order valence-corrected chi connectivity index (χ3v) is 9.51. The van der Waals surface area contributed by atoms with Crippen molar-refractivity contribution < 1.29 is 22.3 Å². The van der Waals surface area contributed by atoms with E-state index in [-0.39, 0.29) is 17.5 Å². The monoisotopic (exact) mass is 464 g/mol. The molecule has 2 unspecified atom stereocenters. The summed E-state index contributed by atoms with van der Waals surface area (Å²) in [4.78, 5) is 25.2. The smallest absolute Gasteiger partial charge is 0.275 e. The topological polar surface area (TPSA) is 140 Å². The fourth-order valence-corrected chi connectivity index (χ4v) is 6.90. The second-order valence-electron chi connectivity index (χ2n) is 8.42. The lowest BCUT2D eigenvalue weighted by Crippen LogP contribution is -2.63. The number of hydrogen-bond acceptors (Lipinski definition) is 8. The van der Waals surface area contributed by atoms with Crippen LogP contribution in [0.2, 0.25) is 0 Å². The number of halogens is 1. The van der Waals surface area contributed by atoms with Gasteiger partial charge in [0.1, 0.15) is 16.3 Å². The van der Waals surface area contributed by atoms with E-state index in [1.165, 1.54) is 38.7 Å². The molecule has 1 fully saturated rings.